The summed E-state index contributed by atoms with van der Waals surface area (Å²) in [5, 5.41) is 6.75. The predicted molar refractivity (Wildman–Crippen MR) is 85.2 cm³/mol. The first kappa shape index (κ1) is 15.1. The molecule has 0 aromatic carbocycles. The summed E-state index contributed by atoms with van der Waals surface area (Å²) in [6.45, 7) is 8.43. The van der Waals surface area contributed by atoms with E-state index < -0.39 is 0 Å². The minimum atomic E-state index is 0.886. The van der Waals surface area contributed by atoms with Gasteiger partial charge in [0.2, 0.25) is 0 Å². The topological polar surface area (TPSA) is 49.8 Å². The highest BCUT2D eigenvalue weighted by atomic mass is 15.1. The highest BCUT2D eigenvalue weighted by Crippen LogP contribution is 2.30. The standard InChI is InChI=1S/C16H28N4/c1-4-17-15-13(3)16(20-11-19-15)18-10-9-14-7-5-12(2)6-8-14/h11-12,14H,4-10H2,1-3H3,(H2,17,18,19,20). The number of anilines is 2. The molecule has 0 saturated heterocycles. The molecule has 1 saturated carbocycles. The van der Waals surface area contributed by atoms with Crippen molar-refractivity contribution in [3.63, 3.8) is 0 Å². The summed E-state index contributed by atoms with van der Waals surface area (Å²) in [6.07, 6.45) is 8.49. The van der Waals surface area contributed by atoms with Gasteiger partial charge in [-0.2, -0.15) is 0 Å². The van der Waals surface area contributed by atoms with E-state index in [4.69, 9.17) is 0 Å². The fraction of sp³-hybridized carbons (Fsp3) is 0.750. The average Bonchev–Trinajstić information content (AvgIpc) is 2.45. The van der Waals surface area contributed by atoms with Crippen LogP contribution in [0.1, 0.15) is 51.5 Å². The quantitative estimate of drug-likeness (QED) is 0.828. The fourth-order valence-corrected chi connectivity index (χ4v) is 2.99. The van der Waals surface area contributed by atoms with Gasteiger partial charge < -0.3 is 10.6 Å². The van der Waals surface area contributed by atoms with Crippen molar-refractivity contribution in [2.24, 2.45) is 11.8 Å². The van der Waals surface area contributed by atoms with Crippen LogP contribution >= 0.6 is 0 Å². The van der Waals surface area contributed by atoms with E-state index in [0.29, 0.717) is 0 Å². The monoisotopic (exact) mass is 276 g/mol. The lowest BCUT2D eigenvalue weighted by atomic mass is 9.81. The van der Waals surface area contributed by atoms with Crippen molar-refractivity contribution in [2.75, 3.05) is 23.7 Å². The minimum Gasteiger partial charge on any atom is -0.370 e. The second kappa shape index (κ2) is 7.46. The molecular formula is C16H28N4. The zero-order chi connectivity index (χ0) is 14.4. The normalized spacial score (nSPS) is 22.6. The third-order valence-corrected chi connectivity index (χ3v) is 4.41. The van der Waals surface area contributed by atoms with E-state index in [0.717, 1.165) is 42.1 Å². The van der Waals surface area contributed by atoms with Gasteiger partial charge in [0.1, 0.15) is 18.0 Å². The Balaban J connectivity index is 1.80. The van der Waals surface area contributed by atoms with Gasteiger partial charge in [-0.1, -0.05) is 32.6 Å². The molecule has 0 aliphatic heterocycles. The van der Waals surface area contributed by atoms with Gasteiger partial charge in [0, 0.05) is 18.7 Å². The zero-order valence-electron chi connectivity index (χ0n) is 13.1. The van der Waals surface area contributed by atoms with E-state index >= 15 is 0 Å². The van der Waals surface area contributed by atoms with Crippen LogP contribution in [0.2, 0.25) is 0 Å². The Bertz CT molecular complexity index is 411. The van der Waals surface area contributed by atoms with Crippen molar-refractivity contribution in [3.05, 3.63) is 11.9 Å². The Hall–Kier alpha value is -1.32. The van der Waals surface area contributed by atoms with Crippen LogP contribution in [0.3, 0.4) is 0 Å². The number of aromatic nitrogens is 2. The van der Waals surface area contributed by atoms with Crippen molar-refractivity contribution < 1.29 is 0 Å². The molecule has 20 heavy (non-hydrogen) atoms. The van der Waals surface area contributed by atoms with Crippen LogP contribution in [0.4, 0.5) is 11.6 Å². The largest absolute Gasteiger partial charge is 0.370 e. The lowest BCUT2D eigenvalue weighted by Gasteiger charge is -2.26. The predicted octanol–water partition coefficient (Wildman–Crippen LogP) is 3.85. The Morgan fingerprint density at radius 1 is 1.10 bits per heavy atom. The van der Waals surface area contributed by atoms with Gasteiger partial charge in [-0.05, 0) is 32.1 Å². The molecule has 0 spiro atoms. The first-order valence-electron chi connectivity index (χ1n) is 8.00. The summed E-state index contributed by atoms with van der Waals surface area (Å²) in [4.78, 5) is 8.63. The lowest BCUT2D eigenvalue weighted by molar-refractivity contribution is 0.282. The molecule has 2 N–H and O–H groups in total. The van der Waals surface area contributed by atoms with Gasteiger partial charge in [0.25, 0.3) is 0 Å². The molecule has 4 nitrogen and oxygen atoms in total. The summed E-state index contributed by atoms with van der Waals surface area (Å²) in [5.74, 6) is 3.75. The van der Waals surface area contributed by atoms with Crippen molar-refractivity contribution >= 4 is 11.6 Å². The number of hydrogen-bond acceptors (Lipinski definition) is 4. The smallest absolute Gasteiger partial charge is 0.134 e. The van der Waals surface area contributed by atoms with E-state index in [1.54, 1.807) is 6.33 Å². The molecular weight excluding hydrogens is 248 g/mol. The van der Waals surface area contributed by atoms with Crippen molar-refractivity contribution in [1.29, 1.82) is 0 Å². The molecule has 1 heterocycles. The maximum Gasteiger partial charge on any atom is 0.134 e. The molecule has 0 radical (unpaired) electrons. The molecule has 1 aromatic rings. The van der Waals surface area contributed by atoms with Crippen LogP contribution in [0, 0.1) is 18.8 Å². The van der Waals surface area contributed by atoms with Crippen LogP contribution < -0.4 is 10.6 Å². The molecule has 1 aliphatic carbocycles. The highest BCUT2D eigenvalue weighted by molar-refractivity contribution is 5.56. The van der Waals surface area contributed by atoms with Crippen LogP contribution in [0.5, 0.6) is 0 Å². The second-order valence-corrected chi connectivity index (χ2v) is 6.07. The highest BCUT2D eigenvalue weighted by Gasteiger charge is 2.17. The number of nitrogens with zero attached hydrogens (tertiary/aromatic N) is 2. The Kier molecular flexibility index (Phi) is 5.62. The number of nitrogens with one attached hydrogen (secondary N) is 2. The molecule has 0 amide bonds. The number of rotatable bonds is 6. The van der Waals surface area contributed by atoms with E-state index in [-0.39, 0.29) is 0 Å². The molecule has 0 bridgehead atoms. The maximum absolute atomic E-state index is 4.35. The van der Waals surface area contributed by atoms with Crippen LogP contribution in [-0.2, 0) is 0 Å². The Morgan fingerprint density at radius 3 is 2.40 bits per heavy atom. The van der Waals surface area contributed by atoms with Crippen molar-refractivity contribution in [3.8, 4) is 0 Å². The van der Waals surface area contributed by atoms with E-state index in [2.05, 4.69) is 41.4 Å². The lowest BCUT2D eigenvalue weighted by Crippen LogP contribution is -2.16. The van der Waals surface area contributed by atoms with Crippen molar-refractivity contribution in [2.45, 2.75) is 52.9 Å². The SMILES string of the molecule is CCNc1ncnc(NCCC2CCC(C)CC2)c1C. The molecule has 1 aromatic heterocycles. The summed E-state index contributed by atoms with van der Waals surface area (Å²) in [6, 6.07) is 0. The molecule has 4 heteroatoms. The first-order valence-corrected chi connectivity index (χ1v) is 8.00. The molecule has 2 rings (SSSR count). The van der Waals surface area contributed by atoms with Crippen molar-refractivity contribution in [1.82, 2.24) is 9.97 Å². The third-order valence-electron chi connectivity index (χ3n) is 4.41. The van der Waals surface area contributed by atoms with E-state index in [1.165, 1.54) is 32.1 Å². The fourth-order valence-electron chi connectivity index (χ4n) is 2.99. The maximum atomic E-state index is 4.35. The van der Waals surface area contributed by atoms with Gasteiger partial charge in [0.15, 0.2) is 0 Å². The summed E-state index contributed by atoms with van der Waals surface area (Å²) >= 11 is 0. The van der Waals surface area contributed by atoms with E-state index in [9.17, 15) is 0 Å². The third kappa shape index (κ3) is 4.09. The molecule has 0 unspecified atom stereocenters. The zero-order valence-corrected chi connectivity index (χ0v) is 13.1. The molecule has 1 aliphatic rings. The average molecular weight is 276 g/mol. The summed E-state index contributed by atoms with van der Waals surface area (Å²) in [7, 11) is 0. The van der Waals surface area contributed by atoms with Gasteiger partial charge >= 0.3 is 0 Å². The van der Waals surface area contributed by atoms with Gasteiger partial charge in [-0.3, -0.25) is 0 Å². The second-order valence-electron chi connectivity index (χ2n) is 6.07. The van der Waals surface area contributed by atoms with Gasteiger partial charge in [0.05, 0.1) is 0 Å². The molecule has 1 fully saturated rings. The van der Waals surface area contributed by atoms with Gasteiger partial charge in [-0.15, -0.1) is 0 Å². The van der Waals surface area contributed by atoms with Crippen LogP contribution in [-0.4, -0.2) is 23.1 Å². The first-order chi connectivity index (χ1) is 9.70. The number of hydrogen-bond donors (Lipinski definition) is 2. The van der Waals surface area contributed by atoms with Gasteiger partial charge in [-0.25, -0.2) is 9.97 Å². The molecule has 0 atom stereocenters. The van der Waals surface area contributed by atoms with Crippen LogP contribution in [0.25, 0.3) is 0 Å². The Morgan fingerprint density at radius 2 is 1.75 bits per heavy atom. The Labute approximate surface area is 122 Å². The van der Waals surface area contributed by atoms with Crippen LogP contribution in [0.15, 0.2) is 6.33 Å². The summed E-state index contributed by atoms with van der Waals surface area (Å²) < 4.78 is 0. The molecule has 112 valence electrons. The summed E-state index contributed by atoms with van der Waals surface area (Å²) in [5.41, 5.74) is 1.12. The minimum absolute atomic E-state index is 0.886. The van der Waals surface area contributed by atoms with E-state index in [1.807, 2.05) is 0 Å².